The molecule has 1 heterocycles. The molecule has 0 atom stereocenters. The first-order valence-corrected chi connectivity index (χ1v) is 13.1. The van der Waals surface area contributed by atoms with Crippen LogP contribution in [0.25, 0.3) is 11.1 Å². The summed E-state index contributed by atoms with van der Waals surface area (Å²) >= 11 is 1.61. The number of aromatic nitrogens is 1. The van der Waals surface area contributed by atoms with Gasteiger partial charge in [0.25, 0.3) is 0 Å². The van der Waals surface area contributed by atoms with E-state index in [9.17, 15) is 9.90 Å². The number of carboxylic acids is 1. The third-order valence-electron chi connectivity index (χ3n) is 6.07. The molecule has 3 aromatic carbocycles. The van der Waals surface area contributed by atoms with Gasteiger partial charge in [-0.25, -0.2) is 9.78 Å². The summed E-state index contributed by atoms with van der Waals surface area (Å²) in [6, 6.07) is 22.6. The van der Waals surface area contributed by atoms with Crippen LogP contribution >= 0.6 is 11.3 Å². The fourth-order valence-corrected chi connectivity index (χ4v) is 4.59. The maximum absolute atomic E-state index is 11.4. The third-order valence-corrected chi connectivity index (χ3v) is 6.87. The second-order valence-electron chi connectivity index (χ2n) is 9.38. The Balaban J connectivity index is 1.40. The number of anilines is 2. The van der Waals surface area contributed by atoms with Crippen molar-refractivity contribution in [3.05, 3.63) is 89.4 Å². The van der Waals surface area contributed by atoms with Gasteiger partial charge >= 0.3 is 5.97 Å². The fraction of sp³-hybridized carbons (Fsp3) is 0.267. The standard InChI is InChI=1S/C30H32N2O4S/c1-21-20-27(36-30(3,4)28(33)34)22(2)19-26(21)35-17-8-16-32(29-31-15-18-37-29)25-13-11-24(12-14-25)23-9-6-5-7-10-23/h5-7,9-15,18-20H,8,16-17H2,1-4H3,(H,33,34). The van der Waals surface area contributed by atoms with Gasteiger partial charge in [-0.3, -0.25) is 0 Å². The normalized spacial score (nSPS) is 11.2. The molecule has 0 saturated carbocycles. The van der Waals surface area contributed by atoms with Gasteiger partial charge in [-0.2, -0.15) is 0 Å². The van der Waals surface area contributed by atoms with Crippen LogP contribution in [0.5, 0.6) is 11.5 Å². The highest BCUT2D eigenvalue weighted by atomic mass is 32.1. The number of nitrogens with zero attached hydrogens (tertiary/aromatic N) is 2. The van der Waals surface area contributed by atoms with Crippen LogP contribution in [0.3, 0.4) is 0 Å². The van der Waals surface area contributed by atoms with E-state index < -0.39 is 11.6 Å². The van der Waals surface area contributed by atoms with Crippen LogP contribution in [0, 0.1) is 13.8 Å². The lowest BCUT2D eigenvalue weighted by Gasteiger charge is -2.24. The number of hydrogen-bond acceptors (Lipinski definition) is 6. The van der Waals surface area contributed by atoms with Crippen molar-refractivity contribution in [2.24, 2.45) is 0 Å². The molecule has 1 aromatic heterocycles. The highest BCUT2D eigenvalue weighted by molar-refractivity contribution is 7.13. The topological polar surface area (TPSA) is 71.9 Å². The first-order chi connectivity index (χ1) is 17.7. The SMILES string of the molecule is Cc1cc(OC(C)(C)C(=O)O)c(C)cc1OCCCN(c1ccc(-c2ccccc2)cc1)c1nccs1. The number of thiazole rings is 1. The van der Waals surface area contributed by atoms with E-state index in [1.807, 2.05) is 55.8 Å². The van der Waals surface area contributed by atoms with Crippen molar-refractivity contribution >= 4 is 28.1 Å². The summed E-state index contributed by atoms with van der Waals surface area (Å²) < 4.78 is 11.9. The van der Waals surface area contributed by atoms with Crippen LogP contribution in [0.1, 0.15) is 31.4 Å². The van der Waals surface area contributed by atoms with E-state index >= 15 is 0 Å². The minimum atomic E-state index is -1.31. The second-order valence-corrected chi connectivity index (χ2v) is 10.3. The van der Waals surface area contributed by atoms with E-state index in [4.69, 9.17) is 9.47 Å². The van der Waals surface area contributed by atoms with Crippen molar-refractivity contribution in [2.75, 3.05) is 18.1 Å². The molecule has 0 amide bonds. The number of hydrogen-bond donors (Lipinski definition) is 1. The van der Waals surface area contributed by atoms with Crippen molar-refractivity contribution < 1.29 is 19.4 Å². The quantitative estimate of drug-likeness (QED) is 0.211. The highest BCUT2D eigenvalue weighted by Gasteiger charge is 2.30. The van der Waals surface area contributed by atoms with Crippen LogP contribution in [-0.4, -0.2) is 34.8 Å². The zero-order valence-corrected chi connectivity index (χ0v) is 22.4. The predicted octanol–water partition coefficient (Wildman–Crippen LogP) is 7.28. The highest BCUT2D eigenvalue weighted by Crippen LogP contribution is 2.32. The lowest BCUT2D eigenvalue weighted by molar-refractivity contribution is -0.152. The van der Waals surface area contributed by atoms with E-state index in [2.05, 4.69) is 46.3 Å². The van der Waals surface area contributed by atoms with Gasteiger partial charge in [0.1, 0.15) is 11.5 Å². The molecule has 0 radical (unpaired) electrons. The summed E-state index contributed by atoms with van der Waals surface area (Å²) in [6.45, 7) is 8.19. The second kappa shape index (κ2) is 11.5. The molecule has 0 saturated heterocycles. The Morgan fingerprint density at radius 3 is 2.27 bits per heavy atom. The molecular weight excluding hydrogens is 484 g/mol. The molecule has 1 N–H and O–H groups in total. The Morgan fingerprint density at radius 2 is 1.62 bits per heavy atom. The Kier molecular flexibility index (Phi) is 8.14. The van der Waals surface area contributed by atoms with Crippen LogP contribution in [-0.2, 0) is 4.79 Å². The summed E-state index contributed by atoms with van der Waals surface area (Å²) in [5, 5.41) is 12.3. The molecule has 0 aliphatic carbocycles. The van der Waals surface area contributed by atoms with Gasteiger partial charge in [0.15, 0.2) is 10.7 Å². The van der Waals surface area contributed by atoms with Crippen LogP contribution < -0.4 is 14.4 Å². The minimum Gasteiger partial charge on any atom is -0.493 e. The van der Waals surface area contributed by atoms with Gasteiger partial charge in [-0.1, -0.05) is 42.5 Å². The fourth-order valence-electron chi connectivity index (χ4n) is 3.90. The van der Waals surface area contributed by atoms with Gasteiger partial charge in [0.2, 0.25) is 0 Å². The zero-order chi connectivity index (χ0) is 26.4. The molecule has 0 aliphatic rings. The molecule has 0 spiro atoms. The first kappa shape index (κ1) is 26.2. The minimum absolute atomic E-state index is 0.533. The zero-order valence-electron chi connectivity index (χ0n) is 21.6. The van der Waals surface area contributed by atoms with Crippen molar-refractivity contribution in [2.45, 2.75) is 39.7 Å². The third kappa shape index (κ3) is 6.49. The molecule has 0 fully saturated rings. The average molecular weight is 517 g/mol. The summed E-state index contributed by atoms with van der Waals surface area (Å²) in [7, 11) is 0. The number of aryl methyl sites for hydroxylation is 2. The van der Waals surface area contributed by atoms with Gasteiger partial charge in [-0.05, 0) is 80.6 Å². The average Bonchev–Trinajstić information content (AvgIpc) is 3.42. The van der Waals surface area contributed by atoms with Crippen LogP contribution in [0.4, 0.5) is 10.8 Å². The predicted molar refractivity (Wildman–Crippen MR) is 149 cm³/mol. The summed E-state index contributed by atoms with van der Waals surface area (Å²) in [4.78, 5) is 18.2. The Bertz CT molecular complexity index is 1320. The van der Waals surface area contributed by atoms with Gasteiger partial charge in [0.05, 0.1) is 6.61 Å². The smallest absolute Gasteiger partial charge is 0.347 e. The molecule has 0 bridgehead atoms. The van der Waals surface area contributed by atoms with E-state index in [0.717, 1.165) is 40.7 Å². The number of rotatable bonds is 11. The molecule has 6 nitrogen and oxygen atoms in total. The molecule has 37 heavy (non-hydrogen) atoms. The number of carboxylic acid groups (broad SMARTS) is 1. The number of benzene rings is 3. The van der Waals surface area contributed by atoms with E-state index in [0.29, 0.717) is 12.4 Å². The van der Waals surface area contributed by atoms with Gasteiger partial charge in [0, 0.05) is 23.8 Å². The number of aliphatic carboxylic acids is 1. The maximum Gasteiger partial charge on any atom is 0.347 e. The molecule has 4 rings (SSSR count). The van der Waals surface area contributed by atoms with Crippen molar-refractivity contribution in [3.8, 4) is 22.6 Å². The Hall–Kier alpha value is -3.84. The monoisotopic (exact) mass is 516 g/mol. The summed E-state index contributed by atoms with van der Waals surface area (Å²) in [6.07, 6.45) is 2.62. The van der Waals surface area contributed by atoms with Gasteiger partial charge < -0.3 is 19.5 Å². The summed E-state index contributed by atoms with van der Waals surface area (Å²) in [5.41, 5.74) is 3.88. The van der Waals surface area contributed by atoms with Gasteiger partial charge in [-0.15, -0.1) is 11.3 Å². The largest absolute Gasteiger partial charge is 0.493 e. The van der Waals surface area contributed by atoms with E-state index in [-0.39, 0.29) is 0 Å². The molecular formula is C30H32N2O4S. The van der Waals surface area contributed by atoms with Crippen molar-refractivity contribution in [1.29, 1.82) is 0 Å². The Morgan fingerprint density at radius 1 is 0.973 bits per heavy atom. The van der Waals surface area contributed by atoms with Crippen molar-refractivity contribution in [1.82, 2.24) is 4.98 Å². The Labute approximate surface area is 222 Å². The van der Waals surface area contributed by atoms with Crippen molar-refractivity contribution in [3.63, 3.8) is 0 Å². The van der Waals surface area contributed by atoms with Crippen LogP contribution in [0.2, 0.25) is 0 Å². The lowest BCUT2D eigenvalue weighted by Crippen LogP contribution is -2.38. The maximum atomic E-state index is 11.4. The molecule has 192 valence electrons. The molecule has 7 heteroatoms. The van der Waals surface area contributed by atoms with E-state index in [1.165, 1.54) is 25.0 Å². The molecule has 0 aliphatic heterocycles. The lowest BCUT2D eigenvalue weighted by atomic mass is 10.1. The molecule has 4 aromatic rings. The summed E-state index contributed by atoms with van der Waals surface area (Å²) in [5.74, 6) is 0.307. The molecule has 0 unspecified atom stereocenters. The number of ether oxygens (including phenoxy) is 2. The first-order valence-electron chi connectivity index (χ1n) is 12.2. The van der Waals surface area contributed by atoms with Crippen LogP contribution in [0.15, 0.2) is 78.3 Å². The van der Waals surface area contributed by atoms with E-state index in [1.54, 1.807) is 11.3 Å². The number of carbonyl (C=O) groups is 1.